The van der Waals surface area contributed by atoms with E-state index in [1.165, 1.54) is 13.0 Å². The van der Waals surface area contributed by atoms with Crippen molar-refractivity contribution in [2.45, 2.75) is 177 Å². The van der Waals surface area contributed by atoms with Crippen molar-refractivity contribution in [3.8, 4) is 0 Å². The molecular formula is C47H73NO17. The van der Waals surface area contributed by atoms with E-state index in [1.54, 1.807) is 80.7 Å². The summed E-state index contributed by atoms with van der Waals surface area (Å²) in [6, 6.07) is -1.15. The van der Waals surface area contributed by atoms with Crippen molar-refractivity contribution in [2.75, 3.05) is 0 Å². The Bertz CT molecular complexity index is 1670. The van der Waals surface area contributed by atoms with E-state index in [2.05, 4.69) is 0 Å². The molecule has 3 rings (SSSR count). The summed E-state index contributed by atoms with van der Waals surface area (Å²) in [4.78, 5) is 25.1. The monoisotopic (exact) mass is 923 g/mol. The third-order valence-electron chi connectivity index (χ3n) is 12.0. The van der Waals surface area contributed by atoms with Crippen molar-refractivity contribution < 1.29 is 84.7 Å². The van der Waals surface area contributed by atoms with Gasteiger partial charge in [-0.15, -0.1) is 0 Å². The maximum atomic E-state index is 12.6. The highest BCUT2D eigenvalue weighted by Crippen LogP contribution is 2.38. The first-order chi connectivity index (χ1) is 30.6. The first-order valence-corrected chi connectivity index (χ1v) is 22.3. The average molecular weight is 924 g/mol. The minimum Gasteiger partial charge on any atom is -0.481 e. The van der Waals surface area contributed by atoms with Gasteiger partial charge in [0.05, 0.1) is 79.6 Å². The van der Waals surface area contributed by atoms with E-state index in [1.807, 2.05) is 19.1 Å². The molecule has 0 aromatic heterocycles. The fourth-order valence-electron chi connectivity index (χ4n) is 7.97. The molecule has 13 N–H and O–H groups in total. The number of rotatable bonds is 3. The Morgan fingerprint density at radius 1 is 0.662 bits per heavy atom. The van der Waals surface area contributed by atoms with Crippen LogP contribution in [0.1, 0.15) is 79.1 Å². The molecule has 2 fully saturated rings. The molecule has 3 heterocycles. The van der Waals surface area contributed by atoms with Crippen molar-refractivity contribution in [3.63, 3.8) is 0 Å². The number of carboxylic acid groups (broad SMARTS) is 1. The molecule has 18 nitrogen and oxygen atoms in total. The fraction of sp³-hybridized carbons (Fsp3) is 0.660. The van der Waals surface area contributed by atoms with E-state index >= 15 is 0 Å². The summed E-state index contributed by atoms with van der Waals surface area (Å²) < 4.78 is 23.1. The van der Waals surface area contributed by atoms with Crippen molar-refractivity contribution >= 4 is 11.9 Å². The quantitative estimate of drug-likeness (QED) is 0.174. The number of hydrogen-bond acceptors (Lipinski definition) is 17. The van der Waals surface area contributed by atoms with Gasteiger partial charge < -0.3 is 80.9 Å². The third kappa shape index (κ3) is 18.6. The normalized spacial score (nSPS) is 45.5. The van der Waals surface area contributed by atoms with Crippen LogP contribution in [0.2, 0.25) is 0 Å². The van der Waals surface area contributed by atoms with Crippen LogP contribution in [0.25, 0.3) is 0 Å². The summed E-state index contributed by atoms with van der Waals surface area (Å²) >= 11 is 0. The minimum absolute atomic E-state index is 0.107. The lowest BCUT2D eigenvalue weighted by atomic mass is 9.82. The maximum absolute atomic E-state index is 12.6. The zero-order chi connectivity index (χ0) is 48.4. The Morgan fingerprint density at radius 2 is 1.23 bits per heavy atom. The second-order valence-corrected chi connectivity index (χ2v) is 17.6. The molecule has 0 radical (unpaired) electrons. The van der Waals surface area contributed by atoms with Gasteiger partial charge in [-0.05, 0) is 33.1 Å². The molecule has 65 heavy (non-hydrogen) atoms. The van der Waals surface area contributed by atoms with Gasteiger partial charge in [0.2, 0.25) is 0 Å². The molecular weight excluding hydrogens is 851 g/mol. The number of aliphatic hydroxyl groups is 10. The van der Waals surface area contributed by atoms with Crippen molar-refractivity contribution in [2.24, 2.45) is 23.5 Å². The second-order valence-electron chi connectivity index (χ2n) is 17.6. The van der Waals surface area contributed by atoms with Crippen LogP contribution in [-0.2, 0) is 28.5 Å². The number of cyclic esters (lactones) is 1. The standard InChI is InChI=1S/C47H73NO17/c1-27-17-15-13-11-9-7-5-6-8-10-12-14-16-18-34(64-46-44(58)41(48)43(57)30(4)63-46)24-38-40(45(59)60)37(54)26-47(61,65-38)25-33(51)22-36(53)35(52)20-19-31(49)21-32(50)23-39(55)62-29(3)28(2)42(27)56/h5-18,27-38,40-44,46,49-54,56-58,61H,19-26,48H2,1-4H3,(H,59,60)/b6-5+,9-7+,10-8+,13-11+,14-12+,17-15+,18-16+. The highest BCUT2D eigenvalue weighted by molar-refractivity contribution is 5.71. The van der Waals surface area contributed by atoms with E-state index in [0.717, 1.165) is 0 Å². The van der Waals surface area contributed by atoms with Gasteiger partial charge in [0.1, 0.15) is 18.1 Å². The van der Waals surface area contributed by atoms with Crippen LogP contribution in [-0.4, -0.2) is 166 Å². The Hall–Kier alpha value is -3.44. The smallest absolute Gasteiger partial charge is 0.311 e. The van der Waals surface area contributed by atoms with Crippen LogP contribution in [0.4, 0.5) is 0 Å². The lowest BCUT2D eigenvalue weighted by Crippen LogP contribution is -2.61. The molecule has 368 valence electrons. The predicted octanol–water partition coefficient (Wildman–Crippen LogP) is 0.712. The van der Waals surface area contributed by atoms with Crippen LogP contribution in [0.5, 0.6) is 0 Å². The Morgan fingerprint density at radius 3 is 1.82 bits per heavy atom. The molecule has 18 heteroatoms. The Kier molecular flexibility index (Phi) is 23.6. The molecule has 3 aliphatic rings. The Labute approximate surface area is 381 Å². The number of esters is 1. The number of hydrogen-bond donors (Lipinski definition) is 12. The predicted molar refractivity (Wildman–Crippen MR) is 237 cm³/mol. The molecule has 0 spiro atoms. The molecule has 2 saturated heterocycles. The van der Waals surface area contributed by atoms with Crippen LogP contribution in [0.3, 0.4) is 0 Å². The van der Waals surface area contributed by atoms with Gasteiger partial charge in [0.15, 0.2) is 12.1 Å². The lowest BCUT2D eigenvalue weighted by molar-refractivity contribution is -0.308. The summed E-state index contributed by atoms with van der Waals surface area (Å²) in [6.07, 6.45) is 3.46. The summed E-state index contributed by atoms with van der Waals surface area (Å²) in [5.41, 5.74) is 6.02. The van der Waals surface area contributed by atoms with Gasteiger partial charge in [-0.1, -0.05) is 98.9 Å². The summed E-state index contributed by atoms with van der Waals surface area (Å²) in [5.74, 6) is -6.83. The van der Waals surface area contributed by atoms with Crippen molar-refractivity contribution in [3.05, 3.63) is 85.1 Å². The second kappa shape index (κ2) is 27.4. The van der Waals surface area contributed by atoms with Crippen LogP contribution in [0, 0.1) is 17.8 Å². The molecule has 0 aromatic rings. The number of carbonyl (C=O) groups is 2. The zero-order valence-electron chi connectivity index (χ0n) is 37.6. The fourth-order valence-corrected chi connectivity index (χ4v) is 7.97. The number of ether oxygens (including phenoxy) is 4. The minimum atomic E-state index is -2.33. The maximum Gasteiger partial charge on any atom is 0.311 e. The van der Waals surface area contributed by atoms with Gasteiger partial charge in [-0.25, -0.2) is 0 Å². The number of allylic oxidation sites excluding steroid dienone is 12. The highest BCUT2D eigenvalue weighted by Gasteiger charge is 2.51. The molecule has 3 aliphatic heterocycles. The third-order valence-corrected chi connectivity index (χ3v) is 12.0. The first-order valence-electron chi connectivity index (χ1n) is 22.3. The molecule has 0 aliphatic carbocycles. The van der Waals surface area contributed by atoms with E-state index < -0.39 is 147 Å². The number of carboxylic acids is 1. The topological polar surface area (TPSA) is 320 Å². The van der Waals surface area contributed by atoms with Gasteiger partial charge in [-0.2, -0.15) is 0 Å². The number of fused-ring (bicyclic) bond motifs is 2. The summed E-state index contributed by atoms with van der Waals surface area (Å²) in [7, 11) is 0. The van der Waals surface area contributed by atoms with E-state index in [9.17, 15) is 65.8 Å². The lowest BCUT2D eigenvalue weighted by Gasteiger charge is -2.45. The number of carbonyl (C=O) groups excluding carboxylic acids is 1. The Balaban J connectivity index is 1.86. The first kappa shape index (κ1) is 55.9. The highest BCUT2D eigenvalue weighted by atomic mass is 16.7. The van der Waals surface area contributed by atoms with Gasteiger partial charge in [-0.3, -0.25) is 9.59 Å². The van der Waals surface area contributed by atoms with E-state index in [4.69, 9.17) is 24.7 Å². The van der Waals surface area contributed by atoms with E-state index in [0.29, 0.717) is 0 Å². The molecule has 2 bridgehead atoms. The SMILES string of the molecule is CC1/C=C/C=C/C=C/C=C/C=C/C=C/C=C/C(OC2OC(C)C(O)C(N)C2O)CC2OC(O)(CC(O)CC(O)C(O)CCC(O)CC(O)CC(=O)OC(C)C(C)C1O)CC(O)C2C(=O)O. The molecule has 0 amide bonds. The van der Waals surface area contributed by atoms with Crippen LogP contribution < -0.4 is 5.73 Å². The number of aliphatic hydroxyl groups excluding tert-OH is 9. The van der Waals surface area contributed by atoms with Crippen LogP contribution >= 0.6 is 0 Å². The van der Waals surface area contributed by atoms with Crippen LogP contribution in [0.15, 0.2) is 85.1 Å². The van der Waals surface area contributed by atoms with Crippen molar-refractivity contribution in [1.82, 2.24) is 0 Å². The molecule has 0 aromatic carbocycles. The zero-order valence-corrected chi connectivity index (χ0v) is 37.6. The summed E-state index contributed by atoms with van der Waals surface area (Å²) in [5, 5.41) is 118. The number of nitrogens with two attached hydrogens (primary N) is 1. The summed E-state index contributed by atoms with van der Waals surface area (Å²) in [6.45, 7) is 6.74. The van der Waals surface area contributed by atoms with Gasteiger partial charge >= 0.3 is 11.9 Å². The average Bonchev–Trinajstić information content (AvgIpc) is 3.21. The molecule has 19 unspecified atom stereocenters. The number of aliphatic carboxylic acids is 1. The van der Waals surface area contributed by atoms with E-state index in [-0.39, 0.29) is 31.6 Å². The van der Waals surface area contributed by atoms with Gasteiger partial charge in [0, 0.05) is 37.5 Å². The largest absolute Gasteiger partial charge is 0.481 e. The van der Waals surface area contributed by atoms with Crippen molar-refractivity contribution in [1.29, 1.82) is 0 Å². The molecule has 0 saturated carbocycles. The molecule has 19 atom stereocenters. The van der Waals surface area contributed by atoms with Gasteiger partial charge in [0.25, 0.3) is 0 Å².